The maximum Gasteiger partial charge on any atom is 0.0249 e. The Morgan fingerprint density at radius 1 is 0.947 bits per heavy atom. The van der Waals surface area contributed by atoms with E-state index < -0.39 is 0 Å². The fraction of sp³-hybridized carbons (Fsp3) is 1.00. The first-order valence-corrected chi connectivity index (χ1v) is 8.86. The van der Waals surface area contributed by atoms with Gasteiger partial charge in [-0.1, -0.05) is 51.9 Å². The van der Waals surface area contributed by atoms with Crippen molar-refractivity contribution in [1.29, 1.82) is 0 Å². The quantitative estimate of drug-likeness (QED) is 0.605. The van der Waals surface area contributed by atoms with Crippen molar-refractivity contribution in [2.45, 2.75) is 77.2 Å². The Hall–Kier alpha value is -0.0800. The van der Waals surface area contributed by atoms with Gasteiger partial charge < -0.3 is 5.32 Å². The van der Waals surface area contributed by atoms with Crippen LogP contribution in [0.2, 0.25) is 0 Å². The minimum absolute atomic E-state index is 0.873. The zero-order valence-corrected chi connectivity index (χ0v) is 13.0. The Morgan fingerprint density at radius 3 is 2.32 bits per heavy atom. The first kappa shape index (κ1) is 15.3. The highest BCUT2D eigenvalue weighted by molar-refractivity contribution is 4.92. The fourth-order valence-electron chi connectivity index (χ4n) is 3.44. The Bertz CT molecular complexity index is 225. The molecule has 2 nitrogen and oxygen atoms in total. The Balaban J connectivity index is 1.47. The predicted molar refractivity (Wildman–Crippen MR) is 83.6 cm³/mol. The highest BCUT2D eigenvalue weighted by Gasteiger charge is 2.35. The second-order valence-corrected chi connectivity index (χ2v) is 6.62. The van der Waals surface area contributed by atoms with Gasteiger partial charge in [-0.05, 0) is 31.7 Å². The third kappa shape index (κ3) is 5.83. The van der Waals surface area contributed by atoms with Crippen LogP contribution in [-0.4, -0.2) is 37.1 Å². The van der Waals surface area contributed by atoms with Gasteiger partial charge in [-0.2, -0.15) is 0 Å². The summed E-state index contributed by atoms with van der Waals surface area (Å²) in [4.78, 5) is 2.78. The van der Waals surface area contributed by atoms with Gasteiger partial charge in [0.2, 0.25) is 0 Å². The van der Waals surface area contributed by atoms with Crippen LogP contribution in [0.5, 0.6) is 0 Å². The van der Waals surface area contributed by atoms with E-state index in [4.69, 9.17) is 0 Å². The molecule has 0 bridgehead atoms. The van der Waals surface area contributed by atoms with Crippen molar-refractivity contribution < 1.29 is 0 Å². The largest absolute Gasteiger partial charge is 0.314 e. The molecule has 0 radical (unpaired) electrons. The molecule has 0 aromatic rings. The van der Waals surface area contributed by atoms with E-state index >= 15 is 0 Å². The number of piperazine rings is 1. The van der Waals surface area contributed by atoms with Crippen LogP contribution >= 0.6 is 0 Å². The summed E-state index contributed by atoms with van der Waals surface area (Å²) >= 11 is 0. The maximum atomic E-state index is 3.57. The molecule has 1 saturated heterocycles. The summed E-state index contributed by atoms with van der Waals surface area (Å²) in [6.07, 6.45) is 14.5. The van der Waals surface area contributed by atoms with Crippen molar-refractivity contribution >= 4 is 0 Å². The molecule has 2 fully saturated rings. The van der Waals surface area contributed by atoms with E-state index in [1.807, 2.05) is 0 Å². The van der Waals surface area contributed by atoms with Crippen LogP contribution in [0, 0.1) is 5.92 Å². The summed E-state index contributed by atoms with van der Waals surface area (Å²) in [5.74, 6) is 1.03. The molecule has 1 saturated carbocycles. The molecule has 0 spiro atoms. The Kier molecular flexibility index (Phi) is 7.23. The summed E-state index contributed by atoms with van der Waals surface area (Å²) in [6, 6.07) is 0.873. The molecule has 1 atom stereocenters. The number of rotatable bonds is 10. The summed E-state index contributed by atoms with van der Waals surface area (Å²) < 4.78 is 0. The highest BCUT2D eigenvalue weighted by atomic mass is 15.2. The summed E-state index contributed by atoms with van der Waals surface area (Å²) in [5, 5.41) is 3.57. The van der Waals surface area contributed by atoms with Gasteiger partial charge >= 0.3 is 0 Å². The first-order valence-electron chi connectivity index (χ1n) is 8.86. The molecule has 2 aliphatic rings. The summed E-state index contributed by atoms with van der Waals surface area (Å²) in [5.41, 5.74) is 0. The Morgan fingerprint density at radius 2 is 1.63 bits per heavy atom. The zero-order chi connectivity index (χ0) is 13.3. The van der Waals surface area contributed by atoms with Crippen molar-refractivity contribution in [1.82, 2.24) is 10.2 Å². The second-order valence-electron chi connectivity index (χ2n) is 6.62. The van der Waals surface area contributed by atoms with Crippen LogP contribution in [0.4, 0.5) is 0 Å². The number of hydrogen-bond donors (Lipinski definition) is 1. The SMILES string of the molecule is CCCCCCCCCCN1CCNCC1C1CC1. The molecule has 1 N–H and O–H groups in total. The smallest absolute Gasteiger partial charge is 0.0249 e. The van der Waals surface area contributed by atoms with Crippen molar-refractivity contribution in [2.24, 2.45) is 5.92 Å². The lowest BCUT2D eigenvalue weighted by molar-refractivity contribution is 0.141. The van der Waals surface area contributed by atoms with Gasteiger partial charge in [0.15, 0.2) is 0 Å². The van der Waals surface area contributed by atoms with Crippen LogP contribution in [0.1, 0.15) is 71.1 Å². The Labute approximate surface area is 120 Å². The van der Waals surface area contributed by atoms with Crippen molar-refractivity contribution in [3.8, 4) is 0 Å². The van der Waals surface area contributed by atoms with Crippen molar-refractivity contribution in [3.05, 3.63) is 0 Å². The minimum atomic E-state index is 0.873. The molecule has 1 unspecified atom stereocenters. The first-order chi connectivity index (χ1) is 9.42. The van der Waals surface area contributed by atoms with Crippen LogP contribution < -0.4 is 5.32 Å². The number of hydrogen-bond acceptors (Lipinski definition) is 2. The standard InChI is InChI=1S/C17H34N2/c1-2-3-4-5-6-7-8-9-13-19-14-12-18-15-17(19)16-10-11-16/h16-18H,2-15H2,1H3. The lowest BCUT2D eigenvalue weighted by atomic mass is 10.1. The molecule has 0 aromatic heterocycles. The molecule has 1 aliphatic heterocycles. The fourth-order valence-corrected chi connectivity index (χ4v) is 3.44. The maximum absolute atomic E-state index is 3.57. The van der Waals surface area contributed by atoms with Crippen molar-refractivity contribution in [3.63, 3.8) is 0 Å². The van der Waals surface area contributed by atoms with Gasteiger partial charge in [0.05, 0.1) is 0 Å². The molecule has 1 aliphatic carbocycles. The van der Waals surface area contributed by atoms with Crippen molar-refractivity contribution in [2.75, 3.05) is 26.2 Å². The third-order valence-electron chi connectivity index (χ3n) is 4.86. The topological polar surface area (TPSA) is 15.3 Å². The van der Waals surface area contributed by atoms with Gasteiger partial charge in [-0.25, -0.2) is 0 Å². The summed E-state index contributed by atoms with van der Waals surface area (Å²) in [6.45, 7) is 7.40. The van der Waals surface area contributed by atoms with Crippen LogP contribution in [0.3, 0.4) is 0 Å². The third-order valence-corrected chi connectivity index (χ3v) is 4.86. The number of unbranched alkanes of at least 4 members (excludes halogenated alkanes) is 7. The summed E-state index contributed by atoms with van der Waals surface area (Å²) in [7, 11) is 0. The monoisotopic (exact) mass is 266 g/mol. The lowest BCUT2D eigenvalue weighted by Gasteiger charge is -2.36. The van der Waals surface area contributed by atoms with E-state index in [0.29, 0.717) is 0 Å². The molecule has 19 heavy (non-hydrogen) atoms. The van der Waals surface area contributed by atoms with E-state index in [9.17, 15) is 0 Å². The number of nitrogens with one attached hydrogen (secondary N) is 1. The average molecular weight is 266 g/mol. The molecule has 0 amide bonds. The van der Waals surface area contributed by atoms with E-state index in [1.54, 1.807) is 0 Å². The van der Waals surface area contributed by atoms with E-state index in [0.717, 1.165) is 12.0 Å². The van der Waals surface area contributed by atoms with E-state index in [2.05, 4.69) is 17.1 Å². The van der Waals surface area contributed by atoms with Gasteiger partial charge in [0, 0.05) is 25.7 Å². The number of nitrogens with zero attached hydrogens (tertiary/aromatic N) is 1. The predicted octanol–water partition coefficient (Wildman–Crippen LogP) is 3.81. The lowest BCUT2D eigenvalue weighted by Crippen LogP contribution is -2.52. The van der Waals surface area contributed by atoms with E-state index in [1.165, 1.54) is 90.4 Å². The molecule has 112 valence electrons. The van der Waals surface area contributed by atoms with Gasteiger partial charge in [-0.3, -0.25) is 4.90 Å². The van der Waals surface area contributed by atoms with Gasteiger partial charge in [0.25, 0.3) is 0 Å². The molecular weight excluding hydrogens is 232 g/mol. The zero-order valence-electron chi connectivity index (χ0n) is 13.0. The average Bonchev–Trinajstić information content (AvgIpc) is 3.27. The van der Waals surface area contributed by atoms with Crippen LogP contribution in [-0.2, 0) is 0 Å². The van der Waals surface area contributed by atoms with Crippen LogP contribution in [0.25, 0.3) is 0 Å². The minimum Gasteiger partial charge on any atom is -0.314 e. The van der Waals surface area contributed by atoms with Gasteiger partial charge in [-0.15, -0.1) is 0 Å². The molecular formula is C17H34N2. The molecule has 2 rings (SSSR count). The molecule has 2 heteroatoms. The normalized spacial score (nSPS) is 24.8. The molecule has 0 aromatic carbocycles. The molecule has 1 heterocycles. The van der Waals surface area contributed by atoms with E-state index in [-0.39, 0.29) is 0 Å². The van der Waals surface area contributed by atoms with Gasteiger partial charge in [0.1, 0.15) is 0 Å². The highest BCUT2D eigenvalue weighted by Crippen LogP contribution is 2.35. The second kappa shape index (κ2) is 8.97. The van der Waals surface area contributed by atoms with Crippen LogP contribution in [0.15, 0.2) is 0 Å².